The molecule has 118 valence electrons. The van der Waals surface area contributed by atoms with Crippen LogP contribution in [0, 0.1) is 0 Å². The molecule has 2 N–H and O–H groups in total. The second-order valence-corrected chi connectivity index (χ2v) is 8.23. The molecule has 1 aromatic heterocycles. The number of nitrogens with zero attached hydrogens (tertiary/aromatic N) is 2. The number of hydrogen-bond donors (Lipinski definition) is 1. The molecule has 2 saturated heterocycles. The summed E-state index contributed by atoms with van der Waals surface area (Å²) in [5.41, 5.74) is 8.25. The van der Waals surface area contributed by atoms with Gasteiger partial charge in [-0.25, -0.2) is 13.1 Å². The van der Waals surface area contributed by atoms with Crippen LogP contribution in [0.25, 0.3) is 0 Å². The van der Waals surface area contributed by atoms with Crippen LogP contribution in [-0.4, -0.2) is 36.3 Å². The molecule has 0 amide bonds. The van der Waals surface area contributed by atoms with E-state index in [2.05, 4.69) is 12.0 Å². The lowest BCUT2D eigenvalue weighted by molar-refractivity contribution is 0.107. The molecule has 6 nitrogen and oxygen atoms in total. The Morgan fingerprint density at radius 3 is 2.81 bits per heavy atom. The van der Waals surface area contributed by atoms with E-state index in [9.17, 15) is 8.42 Å². The third-order valence-corrected chi connectivity index (χ3v) is 6.12. The molecule has 2 atom stereocenters. The summed E-state index contributed by atoms with van der Waals surface area (Å²) in [5, 5.41) is 4.66. The van der Waals surface area contributed by atoms with E-state index in [-0.39, 0.29) is 23.7 Å². The Kier molecular flexibility index (Phi) is 3.96. The minimum atomic E-state index is -2.94. The lowest BCUT2D eigenvalue weighted by Gasteiger charge is -2.10. The molecule has 0 aliphatic carbocycles. The van der Waals surface area contributed by atoms with Crippen molar-refractivity contribution in [3.63, 3.8) is 0 Å². The van der Waals surface area contributed by atoms with E-state index in [4.69, 9.17) is 10.5 Å². The van der Waals surface area contributed by atoms with Crippen molar-refractivity contribution >= 4 is 15.7 Å². The van der Waals surface area contributed by atoms with Crippen molar-refractivity contribution in [2.45, 2.75) is 51.2 Å². The van der Waals surface area contributed by atoms with Crippen LogP contribution in [-0.2, 0) is 21.0 Å². The van der Waals surface area contributed by atoms with Gasteiger partial charge in [0.05, 0.1) is 23.2 Å². The molecule has 7 heteroatoms. The Bertz CT molecular complexity index is 618. The predicted octanol–water partition coefficient (Wildman–Crippen LogP) is 1.63. The van der Waals surface area contributed by atoms with E-state index < -0.39 is 9.84 Å². The van der Waals surface area contributed by atoms with Gasteiger partial charge in [0.15, 0.2) is 9.84 Å². The molecular weight excluding hydrogens is 290 g/mol. The molecular formula is C14H23N3O3S. The predicted molar refractivity (Wildman–Crippen MR) is 80.9 cm³/mol. The van der Waals surface area contributed by atoms with Crippen molar-refractivity contribution in [3.8, 4) is 0 Å². The maximum Gasteiger partial charge on any atom is 0.152 e. The van der Waals surface area contributed by atoms with Gasteiger partial charge in [-0.1, -0.05) is 13.3 Å². The zero-order valence-corrected chi connectivity index (χ0v) is 13.2. The molecule has 2 aliphatic heterocycles. The number of hydrogen-bond acceptors (Lipinski definition) is 5. The maximum atomic E-state index is 11.7. The van der Waals surface area contributed by atoms with Gasteiger partial charge in [-0.3, -0.25) is 0 Å². The third kappa shape index (κ3) is 2.81. The molecule has 0 aromatic carbocycles. The van der Waals surface area contributed by atoms with Gasteiger partial charge in [-0.05, 0) is 25.7 Å². The first-order valence-electron chi connectivity index (χ1n) is 7.70. The van der Waals surface area contributed by atoms with Crippen molar-refractivity contribution in [2.75, 3.05) is 23.8 Å². The van der Waals surface area contributed by atoms with Crippen LogP contribution in [0.15, 0.2) is 0 Å². The standard InChI is InChI=1S/C14H23N3O3S/c1-2-4-11-13(12-5-3-7-20-12)16-17(14(11)15)10-6-8-21(18,19)9-10/h10,12H,2-9,15H2,1H3. The first kappa shape index (κ1) is 14.8. The third-order valence-electron chi connectivity index (χ3n) is 4.37. The number of nitrogens with two attached hydrogens (primary N) is 1. The minimum Gasteiger partial charge on any atom is -0.384 e. The maximum absolute atomic E-state index is 11.7. The SMILES string of the molecule is CCCc1c(C2CCCO2)nn(C2CCS(=O)(=O)C2)c1N. The summed E-state index contributed by atoms with van der Waals surface area (Å²) in [6.07, 6.45) is 4.48. The van der Waals surface area contributed by atoms with Crippen LogP contribution in [0.2, 0.25) is 0 Å². The topological polar surface area (TPSA) is 87.2 Å². The fourth-order valence-electron chi connectivity index (χ4n) is 3.30. The molecule has 2 unspecified atom stereocenters. The van der Waals surface area contributed by atoms with Crippen LogP contribution < -0.4 is 5.73 Å². The highest BCUT2D eigenvalue weighted by molar-refractivity contribution is 7.91. The van der Waals surface area contributed by atoms with Gasteiger partial charge >= 0.3 is 0 Å². The van der Waals surface area contributed by atoms with Crippen molar-refractivity contribution in [1.82, 2.24) is 9.78 Å². The normalized spacial score (nSPS) is 28.2. The second-order valence-electron chi connectivity index (χ2n) is 6.00. The van der Waals surface area contributed by atoms with E-state index in [0.29, 0.717) is 12.2 Å². The molecule has 3 rings (SSSR count). The second kappa shape index (κ2) is 5.61. The summed E-state index contributed by atoms with van der Waals surface area (Å²) in [6, 6.07) is -0.124. The molecule has 0 spiro atoms. The van der Waals surface area contributed by atoms with Gasteiger partial charge in [0, 0.05) is 12.2 Å². The lowest BCUT2D eigenvalue weighted by Crippen LogP contribution is -2.15. The van der Waals surface area contributed by atoms with Gasteiger partial charge in [0.1, 0.15) is 11.9 Å². The van der Waals surface area contributed by atoms with Crippen molar-refractivity contribution in [2.24, 2.45) is 0 Å². The van der Waals surface area contributed by atoms with Gasteiger partial charge in [-0.15, -0.1) is 0 Å². The summed E-state index contributed by atoms with van der Waals surface area (Å²) in [6.45, 7) is 2.87. The van der Waals surface area contributed by atoms with E-state index in [1.54, 1.807) is 4.68 Å². The zero-order valence-electron chi connectivity index (χ0n) is 12.4. The van der Waals surface area contributed by atoms with Crippen molar-refractivity contribution in [1.29, 1.82) is 0 Å². The van der Waals surface area contributed by atoms with E-state index >= 15 is 0 Å². The first-order valence-corrected chi connectivity index (χ1v) is 9.52. The molecule has 1 aromatic rings. The van der Waals surface area contributed by atoms with Crippen LogP contribution >= 0.6 is 0 Å². The molecule has 0 bridgehead atoms. The van der Waals surface area contributed by atoms with Gasteiger partial charge in [0.2, 0.25) is 0 Å². The highest BCUT2D eigenvalue weighted by Crippen LogP contribution is 2.36. The summed E-state index contributed by atoms with van der Waals surface area (Å²) in [5.74, 6) is 1.01. The number of ether oxygens (including phenoxy) is 1. The van der Waals surface area contributed by atoms with E-state index in [1.165, 1.54) is 0 Å². The number of anilines is 1. The highest BCUT2D eigenvalue weighted by Gasteiger charge is 2.34. The van der Waals surface area contributed by atoms with Crippen molar-refractivity contribution in [3.05, 3.63) is 11.3 Å². The fraction of sp³-hybridized carbons (Fsp3) is 0.786. The summed E-state index contributed by atoms with van der Waals surface area (Å²) >= 11 is 0. The molecule has 2 fully saturated rings. The number of nitrogen functional groups attached to an aromatic ring is 1. The largest absolute Gasteiger partial charge is 0.384 e. The average Bonchev–Trinajstić information content (AvgIpc) is 3.12. The Balaban J connectivity index is 1.96. The zero-order chi connectivity index (χ0) is 15.0. The molecule has 2 aliphatic rings. The van der Waals surface area contributed by atoms with Gasteiger partial charge in [0.25, 0.3) is 0 Å². The Hall–Kier alpha value is -1.08. The number of rotatable bonds is 4. The number of aromatic nitrogens is 2. The summed E-state index contributed by atoms with van der Waals surface area (Å²) < 4.78 is 30.9. The van der Waals surface area contributed by atoms with Gasteiger partial charge in [-0.2, -0.15) is 5.10 Å². The average molecular weight is 313 g/mol. The Morgan fingerprint density at radius 2 is 2.24 bits per heavy atom. The minimum absolute atomic E-state index is 0.0214. The first-order chi connectivity index (χ1) is 10.0. The molecule has 3 heterocycles. The fourth-order valence-corrected chi connectivity index (χ4v) is 5.00. The van der Waals surface area contributed by atoms with Crippen LogP contribution in [0.1, 0.15) is 56.0 Å². The quantitative estimate of drug-likeness (QED) is 0.913. The highest BCUT2D eigenvalue weighted by atomic mass is 32.2. The van der Waals surface area contributed by atoms with Crippen LogP contribution in [0.4, 0.5) is 5.82 Å². The van der Waals surface area contributed by atoms with Crippen molar-refractivity contribution < 1.29 is 13.2 Å². The smallest absolute Gasteiger partial charge is 0.152 e. The van der Waals surface area contributed by atoms with Gasteiger partial charge < -0.3 is 10.5 Å². The summed E-state index contributed by atoms with van der Waals surface area (Å²) in [7, 11) is -2.94. The number of sulfone groups is 1. The van der Waals surface area contributed by atoms with Crippen LogP contribution in [0.3, 0.4) is 0 Å². The summed E-state index contributed by atoms with van der Waals surface area (Å²) in [4.78, 5) is 0. The molecule has 0 radical (unpaired) electrons. The Morgan fingerprint density at radius 1 is 1.43 bits per heavy atom. The molecule has 21 heavy (non-hydrogen) atoms. The monoisotopic (exact) mass is 313 g/mol. The van der Waals surface area contributed by atoms with E-state index in [1.807, 2.05) is 0 Å². The molecule has 0 saturated carbocycles. The Labute approximate surface area is 125 Å². The van der Waals surface area contributed by atoms with Crippen LogP contribution in [0.5, 0.6) is 0 Å². The lowest BCUT2D eigenvalue weighted by atomic mass is 10.0. The van der Waals surface area contributed by atoms with E-state index in [0.717, 1.165) is 43.5 Å².